The predicted octanol–water partition coefficient (Wildman–Crippen LogP) is 3.87. The second kappa shape index (κ2) is 8.83. The zero-order valence-electron chi connectivity index (χ0n) is 13.0. The van der Waals surface area contributed by atoms with Crippen LogP contribution in [0.4, 0.5) is 9.52 Å². The minimum Gasteiger partial charge on any atom is -0.494 e. The molecule has 0 bridgehead atoms. The smallest absolute Gasteiger partial charge is 0.206 e. The molecule has 0 aliphatic carbocycles. The third kappa shape index (κ3) is 5.18. The summed E-state index contributed by atoms with van der Waals surface area (Å²) < 4.78 is 19.2. The van der Waals surface area contributed by atoms with E-state index in [-0.39, 0.29) is 17.3 Å². The summed E-state index contributed by atoms with van der Waals surface area (Å²) in [5, 5.41) is 12.0. The molecule has 124 valence electrons. The molecule has 0 unspecified atom stereocenters. The van der Waals surface area contributed by atoms with Gasteiger partial charge in [0, 0.05) is 12.1 Å². The molecular formula is C15H18FN3O2S2. The van der Waals surface area contributed by atoms with Crippen molar-refractivity contribution in [3.63, 3.8) is 0 Å². The standard InChI is InChI=1S/C15H18FN3O2S2/c1-3-4-7-17-14-18-19-15(23-14)22-9-12(20)10-5-6-13(21-2)11(16)8-10/h5-6,8H,3-4,7,9H2,1-2H3,(H,17,18). The van der Waals surface area contributed by atoms with Crippen molar-refractivity contribution in [2.45, 2.75) is 24.1 Å². The van der Waals surface area contributed by atoms with Crippen molar-refractivity contribution in [3.05, 3.63) is 29.6 Å². The number of ketones is 1. The Hall–Kier alpha value is -1.67. The molecule has 0 fully saturated rings. The topological polar surface area (TPSA) is 64.1 Å². The second-order valence-electron chi connectivity index (χ2n) is 4.71. The number of ether oxygens (including phenoxy) is 1. The summed E-state index contributed by atoms with van der Waals surface area (Å²) in [7, 11) is 1.39. The first-order valence-electron chi connectivity index (χ1n) is 7.21. The highest BCUT2D eigenvalue weighted by Crippen LogP contribution is 2.26. The van der Waals surface area contributed by atoms with Crippen LogP contribution in [0.25, 0.3) is 0 Å². The minimum atomic E-state index is -0.540. The lowest BCUT2D eigenvalue weighted by atomic mass is 10.1. The number of unbranched alkanes of at least 4 members (excludes halogenated alkanes) is 1. The van der Waals surface area contributed by atoms with Gasteiger partial charge in [-0.15, -0.1) is 10.2 Å². The first kappa shape index (κ1) is 17.7. The van der Waals surface area contributed by atoms with Crippen LogP contribution in [0.2, 0.25) is 0 Å². The number of nitrogens with zero attached hydrogens (tertiary/aromatic N) is 2. The largest absolute Gasteiger partial charge is 0.494 e. The van der Waals surface area contributed by atoms with Crippen LogP contribution in [-0.2, 0) is 0 Å². The number of thioether (sulfide) groups is 1. The Morgan fingerprint density at radius 1 is 1.43 bits per heavy atom. The summed E-state index contributed by atoms with van der Waals surface area (Å²) >= 11 is 2.71. The Morgan fingerprint density at radius 2 is 2.26 bits per heavy atom. The van der Waals surface area contributed by atoms with E-state index in [9.17, 15) is 9.18 Å². The van der Waals surface area contributed by atoms with E-state index < -0.39 is 5.82 Å². The third-order valence-electron chi connectivity index (χ3n) is 3.01. The second-order valence-corrected chi connectivity index (χ2v) is 6.91. The van der Waals surface area contributed by atoms with Gasteiger partial charge in [-0.25, -0.2) is 4.39 Å². The number of hydrogen-bond acceptors (Lipinski definition) is 7. The molecule has 1 aromatic heterocycles. The van der Waals surface area contributed by atoms with E-state index in [1.807, 2.05) is 0 Å². The van der Waals surface area contributed by atoms with Crippen LogP contribution < -0.4 is 10.1 Å². The van der Waals surface area contributed by atoms with Crippen LogP contribution in [0.1, 0.15) is 30.1 Å². The molecule has 0 spiro atoms. The number of hydrogen-bond donors (Lipinski definition) is 1. The molecule has 5 nitrogen and oxygen atoms in total. The van der Waals surface area contributed by atoms with Gasteiger partial charge in [0.2, 0.25) is 5.13 Å². The van der Waals surface area contributed by atoms with Crippen molar-refractivity contribution in [3.8, 4) is 5.75 Å². The maximum Gasteiger partial charge on any atom is 0.206 e. The Morgan fingerprint density at radius 3 is 2.96 bits per heavy atom. The van der Waals surface area contributed by atoms with Crippen LogP contribution in [-0.4, -0.2) is 35.4 Å². The number of carbonyl (C=O) groups is 1. The van der Waals surface area contributed by atoms with Crippen molar-refractivity contribution in [2.24, 2.45) is 0 Å². The van der Waals surface area contributed by atoms with Gasteiger partial charge in [-0.3, -0.25) is 4.79 Å². The summed E-state index contributed by atoms with van der Waals surface area (Å²) in [5.74, 6) is -0.384. The van der Waals surface area contributed by atoms with Crippen molar-refractivity contribution in [2.75, 3.05) is 24.7 Å². The first-order chi connectivity index (χ1) is 11.1. The van der Waals surface area contributed by atoms with Gasteiger partial charge in [0.05, 0.1) is 12.9 Å². The molecule has 2 aromatic rings. The molecule has 0 atom stereocenters. The average molecular weight is 355 g/mol. The fraction of sp³-hybridized carbons (Fsp3) is 0.400. The number of nitrogens with one attached hydrogen (secondary N) is 1. The molecule has 8 heteroatoms. The molecule has 1 N–H and O–H groups in total. The highest BCUT2D eigenvalue weighted by molar-refractivity contribution is 8.01. The molecule has 0 amide bonds. The third-order valence-corrected chi connectivity index (χ3v) is 5.03. The highest BCUT2D eigenvalue weighted by Gasteiger charge is 2.12. The Bertz CT molecular complexity index is 664. The van der Waals surface area contributed by atoms with E-state index >= 15 is 0 Å². The minimum absolute atomic E-state index is 0.126. The van der Waals surface area contributed by atoms with Crippen molar-refractivity contribution in [1.29, 1.82) is 0 Å². The fourth-order valence-electron chi connectivity index (χ4n) is 1.76. The molecule has 0 aliphatic heterocycles. The molecule has 0 saturated heterocycles. The maximum absolute atomic E-state index is 13.6. The van der Waals surface area contributed by atoms with E-state index in [0.29, 0.717) is 9.90 Å². The molecule has 23 heavy (non-hydrogen) atoms. The Kier molecular flexibility index (Phi) is 6.79. The SMILES string of the molecule is CCCCNc1nnc(SCC(=O)c2ccc(OC)c(F)c2)s1. The summed E-state index contributed by atoms with van der Waals surface area (Å²) in [6, 6.07) is 4.20. The number of anilines is 1. The zero-order chi connectivity index (χ0) is 16.7. The molecule has 1 heterocycles. The van der Waals surface area contributed by atoms with Crippen molar-refractivity contribution < 1.29 is 13.9 Å². The van der Waals surface area contributed by atoms with E-state index in [1.165, 1.54) is 42.3 Å². The summed E-state index contributed by atoms with van der Waals surface area (Å²) in [6.07, 6.45) is 2.18. The number of benzene rings is 1. The van der Waals surface area contributed by atoms with Gasteiger partial charge in [0.15, 0.2) is 21.7 Å². The summed E-state index contributed by atoms with van der Waals surface area (Å²) in [6.45, 7) is 2.98. The van der Waals surface area contributed by atoms with E-state index in [0.717, 1.165) is 24.5 Å². The normalized spacial score (nSPS) is 10.6. The van der Waals surface area contributed by atoms with E-state index in [2.05, 4.69) is 22.4 Å². The fourth-order valence-corrected chi connectivity index (χ4v) is 3.43. The monoisotopic (exact) mass is 355 g/mol. The lowest BCUT2D eigenvalue weighted by Gasteiger charge is -2.04. The average Bonchev–Trinajstić information content (AvgIpc) is 3.00. The van der Waals surface area contributed by atoms with Crippen LogP contribution >= 0.6 is 23.1 Å². The van der Waals surface area contributed by atoms with Gasteiger partial charge in [0.1, 0.15) is 0 Å². The van der Waals surface area contributed by atoms with Gasteiger partial charge in [0.25, 0.3) is 0 Å². The summed E-state index contributed by atoms with van der Waals surface area (Å²) in [4.78, 5) is 12.1. The lowest BCUT2D eigenvalue weighted by molar-refractivity contribution is 0.102. The Labute approximate surface area is 142 Å². The maximum atomic E-state index is 13.6. The number of carbonyl (C=O) groups excluding carboxylic acids is 1. The highest BCUT2D eigenvalue weighted by atomic mass is 32.2. The van der Waals surface area contributed by atoms with Crippen LogP contribution in [0.15, 0.2) is 22.5 Å². The van der Waals surface area contributed by atoms with Gasteiger partial charge in [-0.05, 0) is 24.6 Å². The van der Waals surface area contributed by atoms with Crippen LogP contribution in [0, 0.1) is 5.82 Å². The number of methoxy groups -OCH3 is 1. The van der Waals surface area contributed by atoms with E-state index in [1.54, 1.807) is 6.07 Å². The number of aromatic nitrogens is 2. The van der Waals surface area contributed by atoms with Gasteiger partial charge < -0.3 is 10.1 Å². The lowest BCUT2D eigenvalue weighted by Crippen LogP contribution is -2.03. The van der Waals surface area contributed by atoms with Gasteiger partial charge in [-0.2, -0.15) is 0 Å². The molecule has 0 radical (unpaired) electrons. The molecule has 1 aromatic carbocycles. The van der Waals surface area contributed by atoms with Crippen LogP contribution in [0.3, 0.4) is 0 Å². The zero-order valence-corrected chi connectivity index (χ0v) is 14.6. The van der Waals surface area contributed by atoms with E-state index in [4.69, 9.17) is 4.74 Å². The van der Waals surface area contributed by atoms with Gasteiger partial charge >= 0.3 is 0 Å². The summed E-state index contributed by atoms with van der Waals surface area (Å²) in [5.41, 5.74) is 0.321. The predicted molar refractivity (Wildman–Crippen MR) is 91.3 cm³/mol. The molecule has 0 saturated carbocycles. The van der Waals surface area contributed by atoms with Crippen LogP contribution in [0.5, 0.6) is 5.75 Å². The molecule has 2 rings (SSSR count). The number of halogens is 1. The quantitative estimate of drug-likeness (QED) is 0.418. The molecule has 0 aliphatic rings. The molecular weight excluding hydrogens is 337 g/mol. The van der Waals surface area contributed by atoms with Gasteiger partial charge in [-0.1, -0.05) is 36.4 Å². The first-order valence-corrected chi connectivity index (χ1v) is 9.01. The Balaban J connectivity index is 1.88. The number of Topliss-reactive ketones (excluding diaryl/α,β-unsaturated/α-hetero) is 1. The van der Waals surface area contributed by atoms with Crippen molar-refractivity contribution >= 4 is 34.0 Å². The van der Waals surface area contributed by atoms with Crippen molar-refractivity contribution in [1.82, 2.24) is 10.2 Å². The number of rotatable bonds is 9.